The highest BCUT2D eigenvalue weighted by Gasteiger charge is 2.43. The summed E-state index contributed by atoms with van der Waals surface area (Å²) in [4.78, 5) is 28.3. The predicted molar refractivity (Wildman–Crippen MR) is 117 cm³/mol. The van der Waals surface area contributed by atoms with Gasteiger partial charge in [-0.1, -0.05) is 39.7 Å². The van der Waals surface area contributed by atoms with Crippen LogP contribution in [0.5, 0.6) is 0 Å². The molecule has 0 radical (unpaired) electrons. The Hall–Kier alpha value is -2.96. The van der Waals surface area contributed by atoms with Crippen molar-refractivity contribution in [2.75, 3.05) is 4.90 Å². The molecule has 1 amide bonds. The van der Waals surface area contributed by atoms with Gasteiger partial charge in [0.15, 0.2) is 5.43 Å². The van der Waals surface area contributed by atoms with Crippen molar-refractivity contribution in [1.29, 1.82) is 0 Å². The van der Waals surface area contributed by atoms with E-state index in [-0.39, 0.29) is 16.8 Å². The first kappa shape index (κ1) is 19.0. The maximum Gasteiger partial charge on any atom is 0.295 e. The second-order valence-corrected chi connectivity index (χ2v) is 8.28. The SMILES string of the molecule is O=C1c2oc3ccc(Br)cc3c(=O)c2C(c2cccc(Cl)c2)N1c1ccc(F)cc1. The maximum absolute atomic E-state index is 13.5. The molecule has 30 heavy (non-hydrogen) atoms. The second-order valence-electron chi connectivity index (χ2n) is 6.92. The van der Waals surface area contributed by atoms with Crippen molar-refractivity contribution in [2.24, 2.45) is 0 Å². The molecular weight excluding hydrogens is 473 g/mol. The summed E-state index contributed by atoms with van der Waals surface area (Å²) in [6.45, 7) is 0. The zero-order valence-electron chi connectivity index (χ0n) is 15.2. The molecule has 1 unspecified atom stereocenters. The lowest BCUT2D eigenvalue weighted by Gasteiger charge is -2.25. The van der Waals surface area contributed by atoms with Crippen molar-refractivity contribution in [2.45, 2.75) is 6.04 Å². The van der Waals surface area contributed by atoms with E-state index in [1.54, 1.807) is 42.5 Å². The zero-order chi connectivity index (χ0) is 21.0. The van der Waals surface area contributed by atoms with Crippen LogP contribution in [0.15, 0.2) is 80.4 Å². The van der Waals surface area contributed by atoms with Crippen LogP contribution >= 0.6 is 27.5 Å². The van der Waals surface area contributed by atoms with Gasteiger partial charge >= 0.3 is 0 Å². The van der Waals surface area contributed by atoms with E-state index in [2.05, 4.69) is 15.9 Å². The number of rotatable bonds is 2. The topological polar surface area (TPSA) is 50.5 Å². The van der Waals surface area contributed by atoms with Crippen LogP contribution in [0, 0.1) is 5.82 Å². The normalized spacial score (nSPS) is 15.6. The molecule has 1 aliphatic heterocycles. The van der Waals surface area contributed by atoms with Crippen molar-refractivity contribution in [3.8, 4) is 0 Å². The summed E-state index contributed by atoms with van der Waals surface area (Å²) in [5.74, 6) is -0.917. The Morgan fingerprint density at radius 2 is 1.77 bits per heavy atom. The number of hydrogen-bond donors (Lipinski definition) is 0. The van der Waals surface area contributed by atoms with Crippen LogP contribution in [0.2, 0.25) is 5.02 Å². The van der Waals surface area contributed by atoms with Crippen molar-refractivity contribution < 1.29 is 13.6 Å². The first-order valence-corrected chi connectivity index (χ1v) is 10.2. The number of amides is 1. The molecule has 148 valence electrons. The molecule has 0 fully saturated rings. The maximum atomic E-state index is 13.5. The Morgan fingerprint density at radius 1 is 1.00 bits per heavy atom. The van der Waals surface area contributed by atoms with Crippen molar-refractivity contribution in [3.63, 3.8) is 0 Å². The lowest BCUT2D eigenvalue weighted by atomic mass is 9.98. The molecule has 0 aliphatic carbocycles. The number of benzene rings is 3. The summed E-state index contributed by atoms with van der Waals surface area (Å²) in [5.41, 5.74) is 1.36. The molecule has 5 rings (SSSR count). The fraction of sp³-hybridized carbons (Fsp3) is 0.0435. The monoisotopic (exact) mass is 483 g/mol. The molecule has 4 nitrogen and oxygen atoms in total. The summed E-state index contributed by atoms with van der Waals surface area (Å²) in [6.07, 6.45) is 0. The van der Waals surface area contributed by atoms with E-state index >= 15 is 0 Å². The standard InChI is InChI=1S/C23H12BrClFNO3/c24-13-4-9-18-17(11-13)21(28)19-20(12-2-1-3-14(25)10-12)27(23(29)22(19)30-18)16-7-5-15(26)6-8-16/h1-11,20H. The van der Waals surface area contributed by atoms with Crippen LogP contribution < -0.4 is 10.3 Å². The molecule has 0 saturated heterocycles. The third kappa shape index (κ3) is 2.95. The predicted octanol–water partition coefficient (Wildman–Crippen LogP) is 6.10. The average Bonchev–Trinajstić information content (AvgIpc) is 3.02. The number of anilines is 1. The molecule has 1 atom stereocenters. The molecule has 1 aliphatic rings. The summed E-state index contributed by atoms with van der Waals surface area (Å²) >= 11 is 9.57. The van der Waals surface area contributed by atoms with Crippen molar-refractivity contribution in [1.82, 2.24) is 0 Å². The highest BCUT2D eigenvalue weighted by molar-refractivity contribution is 9.10. The quantitative estimate of drug-likeness (QED) is 0.345. The fourth-order valence-electron chi connectivity index (χ4n) is 3.81. The van der Waals surface area contributed by atoms with Crippen LogP contribution in [0.3, 0.4) is 0 Å². The number of carbonyl (C=O) groups excluding carboxylic acids is 1. The Kier molecular flexibility index (Phi) is 4.49. The molecular formula is C23H12BrClFNO3. The highest BCUT2D eigenvalue weighted by Crippen LogP contribution is 2.41. The molecule has 0 bridgehead atoms. The number of hydrogen-bond acceptors (Lipinski definition) is 3. The van der Waals surface area contributed by atoms with E-state index in [1.807, 2.05) is 0 Å². The Morgan fingerprint density at radius 3 is 2.50 bits per heavy atom. The first-order chi connectivity index (χ1) is 14.4. The second kappa shape index (κ2) is 7.07. The number of halogens is 3. The Labute approximate surface area is 183 Å². The molecule has 2 heterocycles. The van der Waals surface area contributed by atoms with Crippen LogP contribution in [0.4, 0.5) is 10.1 Å². The third-order valence-corrected chi connectivity index (χ3v) is 5.83. The van der Waals surface area contributed by atoms with E-state index in [9.17, 15) is 14.0 Å². The van der Waals surface area contributed by atoms with Crippen LogP contribution in [0.1, 0.15) is 27.7 Å². The largest absolute Gasteiger partial charge is 0.450 e. The first-order valence-electron chi connectivity index (χ1n) is 9.05. The van der Waals surface area contributed by atoms with Gasteiger partial charge in [-0.2, -0.15) is 0 Å². The van der Waals surface area contributed by atoms with E-state index < -0.39 is 17.8 Å². The minimum atomic E-state index is -0.753. The van der Waals surface area contributed by atoms with E-state index in [4.69, 9.17) is 16.0 Å². The van der Waals surface area contributed by atoms with Gasteiger partial charge in [-0.15, -0.1) is 0 Å². The molecule has 0 saturated carbocycles. The number of fused-ring (bicyclic) bond motifs is 2. The molecule has 0 spiro atoms. The van der Waals surface area contributed by atoms with Crippen molar-refractivity contribution >= 4 is 50.1 Å². The average molecular weight is 485 g/mol. The minimum absolute atomic E-state index is 0.0240. The van der Waals surface area contributed by atoms with Gasteiger partial charge in [-0.05, 0) is 60.2 Å². The molecule has 1 aromatic heterocycles. The number of nitrogens with zero attached hydrogens (tertiary/aromatic N) is 1. The van der Waals surface area contributed by atoms with E-state index in [1.165, 1.54) is 29.2 Å². The molecule has 0 N–H and O–H groups in total. The minimum Gasteiger partial charge on any atom is -0.450 e. The Bertz CT molecular complexity index is 1380. The smallest absolute Gasteiger partial charge is 0.295 e. The summed E-state index contributed by atoms with van der Waals surface area (Å²) in [6, 6.07) is 16.8. The van der Waals surface area contributed by atoms with Crippen molar-refractivity contribution in [3.05, 3.63) is 109 Å². The fourth-order valence-corrected chi connectivity index (χ4v) is 4.36. The van der Waals surface area contributed by atoms with Gasteiger partial charge in [0.2, 0.25) is 5.76 Å². The van der Waals surface area contributed by atoms with Crippen LogP contribution in [0.25, 0.3) is 11.0 Å². The summed E-state index contributed by atoms with van der Waals surface area (Å²) in [5, 5.41) is 0.837. The summed E-state index contributed by atoms with van der Waals surface area (Å²) < 4.78 is 20.1. The lowest BCUT2D eigenvalue weighted by Crippen LogP contribution is -2.29. The van der Waals surface area contributed by atoms with Gasteiger partial charge < -0.3 is 4.42 Å². The summed E-state index contributed by atoms with van der Waals surface area (Å²) in [7, 11) is 0. The number of carbonyl (C=O) groups is 1. The van der Waals surface area contributed by atoms with Gasteiger partial charge in [0.05, 0.1) is 17.0 Å². The van der Waals surface area contributed by atoms with Gasteiger partial charge in [0, 0.05) is 15.2 Å². The molecule has 4 aromatic rings. The zero-order valence-corrected chi connectivity index (χ0v) is 17.6. The highest BCUT2D eigenvalue weighted by atomic mass is 79.9. The lowest BCUT2D eigenvalue weighted by molar-refractivity contribution is 0.0971. The van der Waals surface area contributed by atoms with Gasteiger partial charge in [0.1, 0.15) is 11.4 Å². The molecule has 7 heteroatoms. The van der Waals surface area contributed by atoms with E-state index in [0.717, 1.165) is 4.47 Å². The van der Waals surface area contributed by atoms with Gasteiger partial charge in [0.25, 0.3) is 5.91 Å². The van der Waals surface area contributed by atoms with Gasteiger partial charge in [-0.25, -0.2) is 4.39 Å². The van der Waals surface area contributed by atoms with Gasteiger partial charge in [-0.3, -0.25) is 14.5 Å². The molecule has 3 aromatic carbocycles. The van der Waals surface area contributed by atoms with Crippen LogP contribution in [-0.4, -0.2) is 5.91 Å². The Balaban J connectivity index is 1.83. The third-order valence-electron chi connectivity index (χ3n) is 5.10. The van der Waals surface area contributed by atoms with E-state index in [0.29, 0.717) is 27.2 Å². The van der Waals surface area contributed by atoms with Crippen LogP contribution in [-0.2, 0) is 0 Å².